The summed E-state index contributed by atoms with van der Waals surface area (Å²) in [6, 6.07) is 19.4. The normalized spacial score (nSPS) is 70.8. The second-order valence-corrected chi connectivity index (χ2v) is 48.6. The van der Waals surface area contributed by atoms with Crippen molar-refractivity contribution in [2.45, 2.75) is 125 Å². The Balaban J connectivity index is 1.03. The summed E-state index contributed by atoms with van der Waals surface area (Å²) < 4.78 is 1.68. The zero-order chi connectivity index (χ0) is 28.7. The first-order valence-electron chi connectivity index (χ1n) is 18.2. The summed E-state index contributed by atoms with van der Waals surface area (Å²) in [7, 11) is 3.75. The van der Waals surface area contributed by atoms with Crippen LogP contribution in [0.1, 0.15) is 70.4 Å². The molecule has 3 heteroatoms. The number of hydrogen-bond donors (Lipinski definition) is 0. The molecule has 4 aliphatic carbocycles. The third-order valence-corrected chi connectivity index (χ3v) is 74.0. The van der Waals surface area contributed by atoms with Crippen molar-refractivity contribution in [1.29, 1.82) is 0 Å². The fourth-order valence-corrected chi connectivity index (χ4v) is 114. The van der Waals surface area contributed by atoms with Gasteiger partial charge in [-0.15, -0.1) is 0 Å². The molecule has 0 aromatic heterocycles. The monoisotopic (exact) mass is 648 g/mol. The summed E-state index contributed by atoms with van der Waals surface area (Å²) in [5, 5.41) is 3.99. The van der Waals surface area contributed by atoms with Crippen LogP contribution in [-0.2, 0) is 6.51 Å². The van der Waals surface area contributed by atoms with E-state index in [9.17, 15) is 0 Å². The molecule has 7 atom stereocenters. The summed E-state index contributed by atoms with van der Waals surface area (Å²) >= 11 is 0. The molecule has 10 aliphatic heterocycles. The molecular weight excluding hydrogens is 598 g/mol. The number of rotatable bonds is 6. The van der Waals surface area contributed by atoms with Crippen LogP contribution in [0.5, 0.6) is 0 Å². The van der Waals surface area contributed by atoms with Crippen molar-refractivity contribution in [3.05, 3.63) is 59.7 Å². The first kappa shape index (κ1) is 23.2. The Hall–Kier alpha value is -0.181. The molecular formula is C40H50FeP2. The Kier molecular flexibility index (Phi) is 1.98. The Morgan fingerprint density at radius 3 is 1.58 bits per heavy atom. The quantitative estimate of drug-likeness (QED) is 0.216. The minimum absolute atomic E-state index is 0.321. The van der Waals surface area contributed by atoms with Gasteiger partial charge in [-0.3, -0.25) is 0 Å². The topological polar surface area (TPSA) is 0 Å². The van der Waals surface area contributed by atoms with Crippen LogP contribution in [0, 0.1) is 42.4 Å². The molecule has 0 radical (unpaired) electrons. The zero-order valence-electron chi connectivity index (χ0n) is 26.8. The van der Waals surface area contributed by atoms with E-state index in [2.05, 4.69) is 92.4 Å². The second kappa shape index (κ2) is 3.67. The maximum absolute atomic E-state index is 4.07. The molecule has 10 heterocycles. The van der Waals surface area contributed by atoms with Crippen molar-refractivity contribution in [3.63, 3.8) is 0 Å². The van der Waals surface area contributed by atoms with Gasteiger partial charge in [0.15, 0.2) is 0 Å². The zero-order valence-corrected chi connectivity index (χ0v) is 30.0. The Morgan fingerprint density at radius 1 is 0.721 bits per heavy atom. The fourth-order valence-electron chi connectivity index (χ4n) is 27.2. The molecule has 0 amide bonds. The van der Waals surface area contributed by atoms with Crippen molar-refractivity contribution in [3.8, 4) is 0 Å². The van der Waals surface area contributed by atoms with Gasteiger partial charge in [0.1, 0.15) is 0 Å². The third-order valence-electron chi connectivity index (χ3n) is 25.0. The van der Waals surface area contributed by atoms with Gasteiger partial charge in [-0.25, -0.2) is 0 Å². The van der Waals surface area contributed by atoms with Crippen molar-refractivity contribution in [1.82, 2.24) is 0 Å². The molecule has 43 heavy (non-hydrogen) atoms. The van der Waals surface area contributed by atoms with E-state index in [1.54, 1.807) is 66.4 Å². The number of hydrogen-bond acceptors (Lipinski definition) is 0. The van der Waals surface area contributed by atoms with Crippen molar-refractivity contribution in [2.75, 3.05) is 6.16 Å². The van der Waals surface area contributed by atoms with Gasteiger partial charge in [0.2, 0.25) is 0 Å². The van der Waals surface area contributed by atoms with E-state index in [1.165, 1.54) is 38.5 Å². The van der Waals surface area contributed by atoms with Crippen LogP contribution in [0.25, 0.3) is 0 Å². The predicted molar refractivity (Wildman–Crippen MR) is 181 cm³/mol. The minimum atomic E-state index is -3.82. The molecule has 16 rings (SSSR count). The molecule has 1 spiro atoms. The first-order valence-corrected chi connectivity index (χ1v) is 26.5. The van der Waals surface area contributed by atoms with Gasteiger partial charge in [-0.05, 0) is 0 Å². The average molecular weight is 649 g/mol. The van der Waals surface area contributed by atoms with E-state index < -0.39 is 6.51 Å². The van der Waals surface area contributed by atoms with Crippen molar-refractivity contribution >= 4 is 27.8 Å². The van der Waals surface area contributed by atoms with E-state index in [0.717, 1.165) is 26.4 Å². The average Bonchev–Trinajstić information content (AvgIpc) is 3.90. The Bertz CT molecular complexity index is 2100. The summed E-state index contributed by atoms with van der Waals surface area (Å²) in [5.74, 6) is 3.19. The summed E-state index contributed by atoms with van der Waals surface area (Å²) in [5.41, 5.74) is 4.17. The number of aryl methyl sites for hydroxylation is 2. The van der Waals surface area contributed by atoms with Crippen LogP contribution in [0.2, 0.25) is 47.2 Å². The predicted octanol–water partition coefficient (Wildman–Crippen LogP) is 10.7. The van der Waals surface area contributed by atoms with E-state index in [1.807, 2.05) is 0 Å². The van der Waals surface area contributed by atoms with Gasteiger partial charge in [-0.1, -0.05) is 0 Å². The maximum atomic E-state index is 4.07. The van der Waals surface area contributed by atoms with Crippen LogP contribution in [0.3, 0.4) is 0 Å². The van der Waals surface area contributed by atoms with Gasteiger partial charge >= 0.3 is 254 Å². The second-order valence-electron chi connectivity index (χ2n) is 22.3. The standard InChI is InChI=1S/C35H45P2.C5H5.Fe/c1-24-11-6-8-15-31(24)37(32-16-9-7-12-25(32)2)23-29-13-10-14-30(29)35(36,33(3,4)5)34-20-26-17-27(21-34)19-28(18-26)22-34;1-2-4-5-3-1;/h6-16,26-28H,17-23,36H2,1-5H3;1-5H;. The van der Waals surface area contributed by atoms with Crippen molar-refractivity contribution < 1.29 is 6.51 Å². The van der Waals surface area contributed by atoms with Gasteiger partial charge in [-0.2, -0.15) is 0 Å². The molecule has 228 valence electrons. The summed E-state index contributed by atoms with van der Waals surface area (Å²) in [6.07, 6.45) is 11.3. The van der Waals surface area contributed by atoms with Crippen LogP contribution < -0.4 is 10.6 Å². The Labute approximate surface area is 253 Å². The molecule has 2 aromatic carbocycles. The fraction of sp³-hybridized carbons (Fsp3) is 0.700. The third kappa shape index (κ3) is 0.665. The number of benzene rings is 2. The molecule has 2 aromatic rings. The van der Waals surface area contributed by atoms with Gasteiger partial charge in [0.05, 0.1) is 0 Å². The molecule has 7 unspecified atom stereocenters. The summed E-state index contributed by atoms with van der Waals surface area (Å²) in [6.45, 7) is 9.46. The van der Waals surface area contributed by atoms with Crippen LogP contribution in [0.15, 0.2) is 48.5 Å². The SMILES string of the molecule is Cc1ccccc1P(C[C]12[CH]3[CH]4[CH]5[C]1(C(P)(C(C)(C)C)C16CC7CC(CC(C7)C1)C6)[Fe]43521678[CH]2[CH]1[CH]6[CH]7[CH]28)c1ccccc1C. The van der Waals surface area contributed by atoms with Crippen LogP contribution in [0.4, 0.5) is 0 Å². The van der Waals surface area contributed by atoms with Gasteiger partial charge < -0.3 is 0 Å². The molecule has 0 nitrogen and oxygen atoms in total. The van der Waals surface area contributed by atoms with E-state index in [4.69, 9.17) is 0 Å². The molecule has 4 saturated carbocycles. The molecule has 4 bridgehead atoms. The Morgan fingerprint density at radius 2 is 1.19 bits per heavy atom. The van der Waals surface area contributed by atoms with E-state index in [0.29, 0.717) is 16.0 Å². The van der Waals surface area contributed by atoms with E-state index in [-0.39, 0.29) is 7.92 Å². The molecule has 14 aliphatic rings. The summed E-state index contributed by atoms with van der Waals surface area (Å²) in [4.78, 5) is 10.9. The van der Waals surface area contributed by atoms with E-state index >= 15 is 0 Å². The molecule has 10 saturated heterocycles. The van der Waals surface area contributed by atoms with Gasteiger partial charge in [0, 0.05) is 0 Å². The van der Waals surface area contributed by atoms with Crippen LogP contribution >= 0.6 is 17.2 Å². The van der Waals surface area contributed by atoms with Crippen LogP contribution in [-0.4, -0.2) is 11.3 Å². The van der Waals surface area contributed by atoms with Gasteiger partial charge in [0.25, 0.3) is 0 Å². The first-order chi connectivity index (χ1) is 20.3. The van der Waals surface area contributed by atoms with Crippen molar-refractivity contribution in [2.24, 2.45) is 28.6 Å². The number of fused-ring (bicyclic) bond motifs is 10. The molecule has 0 N–H and O–H groups in total. The molecule has 14 fully saturated rings.